The Morgan fingerprint density at radius 1 is 1.03 bits per heavy atom. The van der Waals surface area contributed by atoms with Gasteiger partial charge in [-0.3, -0.25) is 9.69 Å². The van der Waals surface area contributed by atoms with E-state index in [0.717, 1.165) is 37.2 Å². The lowest BCUT2D eigenvalue weighted by molar-refractivity contribution is -0.121. The molecule has 180 valence electrons. The number of nitrogens with zero attached hydrogens (tertiary/aromatic N) is 1. The highest BCUT2D eigenvalue weighted by Gasteiger charge is 2.24. The average Bonchev–Trinajstić information content (AvgIpc) is 3.35. The molecular formula is C24H33N3O5S. The van der Waals surface area contributed by atoms with E-state index in [0.29, 0.717) is 18.9 Å². The summed E-state index contributed by atoms with van der Waals surface area (Å²) in [5.41, 5.74) is 1.12. The van der Waals surface area contributed by atoms with E-state index in [1.165, 1.54) is 12.1 Å². The highest BCUT2D eigenvalue weighted by molar-refractivity contribution is 7.89. The molecule has 3 rings (SSSR count). The van der Waals surface area contributed by atoms with Crippen LogP contribution in [0.3, 0.4) is 0 Å². The Morgan fingerprint density at radius 2 is 1.67 bits per heavy atom. The van der Waals surface area contributed by atoms with Crippen LogP contribution >= 0.6 is 0 Å². The van der Waals surface area contributed by atoms with E-state index >= 15 is 0 Å². The lowest BCUT2D eigenvalue weighted by Gasteiger charge is -2.28. The monoisotopic (exact) mass is 475 g/mol. The van der Waals surface area contributed by atoms with Crippen molar-refractivity contribution in [3.8, 4) is 11.5 Å². The minimum Gasteiger partial charge on any atom is -0.497 e. The number of amides is 1. The van der Waals surface area contributed by atoms with Crippen LogP contribution in [-0.4, -0.2) is 59.1 Å². The summed E-state index contributed by atoms with van der Waals surface area (Å²) >= 11 is 0. The predicted octanol–water partition coefficient (Wildman–Crippen LogP) is 2.72. The van der Waals surface area contributed by atoms with Gasteiger partial charge in [-0.1, -0.05) is 12.1 Å². The molecule has 1 heterocycles. The molecule has 1 saturated heterocycles. The molecule has 0 radical (unpaired) electrons. The molecule has 1 atom stereocenters. The fourth-order valence-corrected chi connectivity index (χ4v) is 4.93. The summed E-state index contributed by atoms with van der Waals surface area (Å²) in [6.07, 6.45) is 2.35. The van der Waals surface area contributed by atoms with E-state index in [1.807, 2.05) is 31.2 Å². The number of methoxy groups -OCH3 is 1. The van der Waals surface area contributed by atoms with Crippen molar-refractivity contribution in [2.75, 3.05) is 39.9 Å². The van der Waals surface area contributed by atoms with Crippen LogP contribution in [0.4, 0.5) is 0 Å². The fraction of sp³-hybridized carbons (Fsp3) is 0.458. The number of carbonyl (C=O) groups excluding carboxylic acids is 1. The third-order valence-corrected chi connectivity index (χ3v) is 7.14. The van der Waals surface area contributed by atoms with Crippen LogP contribution in [0.2, 0.25) is 0 Å². The Hall–Kier alpha value is -2.62. The van der Waals surface area contributed by atoms with Crippen molar-refractivity contribution < 1.29 is 22.7 Å². The van der Waals surface area contributed by atoms with Gasteiger partial charge in [0.25, 0.3) is 0 Å². The van der Waals surface area contributed by atoms with Gasteiger partial charge in [-0.25, -0.2) is 13.1 Å². The first-order valence-corrected chi connectivity index (χ1v) is 12.8. The van der Waals surface area contributed by atoms with Gasteiger partial charge in [0.15, 0.2) is 0 Å². The quantitative estimate of drug-likeness (QED) is 0.490. The summed E-state index contributed by atoms with van der Waals surface area (Å²) < 4.78 is 38.0. The Bertz CT molecular complexity index is 988. The van der Waals surface area contributed by atoms with Crippen LogP contribution in [0.25, 0.3) is 0 Å². The van der Waals surface area contributed by atoms with E-state index in [9.17, 15) is 13.2 Å². The summed E-state index contributed by atoms with van der Waals surface area (Å²) in [5, 5.41) is 2.97. The second-order valence-electron chi connectivity index (χ2n) is 7.89. The Morgan fingerprint density at radius 3 is 2.27 bits per heavy atom. The van der Waals surface area contributed by atoms with Crippen molar-refractivity contribution in [3.05, 3.63) is 54.1 Å². The van der Waals surface area contributed by atoms with Gasteiger partial charge in [0.05, 0.1) is 24.7 Å². The summed E-state index contributed by atoms with van der Waals surface area (Å²) in [6.45, 7) is 4.86. The third-order valence-electron chi connectivity index (χ3n) is 5.66. The second-order valence-corrected chi connectivity index (χ2v) is 9.66. The zero-order chi connectivity index (χ0) is 23.7. The molecule has 2 aromatic rings. The van der Waals surface area contributed by atoms with E-state index in [-0.39, 0.29) is 29.8 Å². The summed E-state index contributed by atoms with van der Waals surface area (Å²) in [4.78, 5) is 14.9. The first kappa shape index (κ1) is 25.0. The average molecular weight is 476 g/mol. The molecule has 0 spiro atoms. The van der Waals surface area contributed by atoms with Crippen molar-refractivity contribution in [2.24, 2.45) is 0 Å². The standard InChI is InChI=1S/C24H33N3O5S/c1-3-32-21-10-12-22(13-11-21)33(29,30)26-15-14-24(28)25-18-23(27-16-4-5-17-27)19-6-8-20(31-2)9-7-19/h6-13,23,26H,3-5,14-18H2,1-2H3,(H,25,28). The first-order chi connectivity index (χ1) is 15.9. The third kappa shape index (κ3) is 7.18. The SMILES string of the molecule is CCOc1ccc(S(=O)(=O)NCCC(=O)NCC(c2ccc(OC)cc2)N2CCCC2)cc1. The highest BCUT2D eigenvalue weighted by Crippen LogP contribution is 2.26. The van der Waals surface area contributed by atoms with Gasteiger partial charge in [-0.05, 0) is 74.8 Å². The van der Waals surface area contributed by atoms with Crippen LogP contribution in [0.5, 0.6) is 11.5 Å². The Kier molecular flexibility index (Phi) is 9.11. The first-order valence-electron chi connectivity index (χ1n) is 11.3. The van der Waals surface area contributed by atoms with Crippen molar-refractivity contribution in [2.45, 2.75) is 37.1 Å². The number of sulfonamides is 1. The number of likely N-dealkylation sites (tertiary alicyclic amines) is 1. The van der Waals surface area contributed by atoms with Gasteiger partial charge >= 0.3 is 0 Å². The molecule has 1 aliphatic rings. The zero-order valence-corrected chi connectivity index (χ0v) is 20.1. The van der Waals surface area contributed by atoms with E-state index < -0.39 is 10.0 Å². The summed E-state index contributed by atoms with van der Waals surface area (Å²) in [5.74, 6) is 1.21. The van der Waals surface area contributed by atoms with Crippen LogP contribution in [0, 0.1) is 0 Å². The largest absolute Gasteiger partial charge is 0.497 e. The van der Waals surface area contributed by atoms with E-state index in [1.54, 1.807) is 19.2 Å². The molecule has 0 bridgehead atoms. The molecule has 1 aliphatic heterocycles. The number of benzene rings is 2. The van der Waals surface area contributed by atoms with E-state index in [4.69, 9.17) is 9.47 Å². The zero-order valence-electron chi connectivity index (χ0n) is 19.2. The van der Waals surface area contributed by atoms with Gasteiger partial charge in [0.1, 0.15) is 11.5 Å². The maximum Gasteiger partial charge on any atom is 0.240 e. The van der Waals surface area contributed by atoms with Gasteiger partial charge in [0, 0.05) is 19.5 Å². The Labute approximate surface area is 196 Å². The molecule has 2 N–H and O–H groups in total. The Balaban J connectivity index is 1.51. The molecule has 0 aliphatic carbocycles. The smallest absolute Gasteiger partial charge is 0.240 e. The number of hydrogen-bond donors (Lipinski definition) is 2. The summed E-state index contributed by atoms with van der Waals surface area (Å²) in [7, 11) is -2.05. The minimum atomic E-state index is -3.69. The van der Waals surface area contributed by atoms with Crippen molar-refractivity contribution >= 4 is 15.9 Å². The predicted molar refractivity (Wildman–Crippen MR) is 127 cm³/mol. The number of carbonyl (C=O) groups is 1. The number of rotatable bonds is 12. The van der Waals surface area contributed by atoms with Crippen LogP contribution < -0.4 is 19.5 Å². The molecule has 9 heteroatoms. The molecule has 2 aromatic carbocycles. The number of ether oxygens (including phenoxy) is 2. The second kappa shape index (κ2) is 12.0. The van der Waals surface area contributed by atoms with Gasteiger partial charge in [-0.2, -0.15) is 0 Å². The molecule has 1 unspecified atom stereocenters. The lowest BCUT2D eigenvalue weighted by Crippen LogP contribution is -2.38. The van der Waals surface area contributed by atoms with Gasteiger partial charge in [-0.15, -0.1) is 0 Å². The fourth-order valence-electron chi connectivity index (χ4n) is 3.90. The molecule has 1 fully saturated rings. The van der Waals surface area contributed by atoms with Crippen molar-refractivity contribution in [3.63, 3.8) is 0 Å². The molecule has 0 saturated carbocycles. The van der Waals surface area contributed by atoms with Gasteiger partial charge < -0.3 is 14.8 Å². The lowest BCUT2D eigenvalue weighted by atomic mass is 10.1. The number of nitrogens with one attached hydrogen (secondary N) is 2. The molecule has 1 amide bonds. The molecule has 8 nitrogen and oxygen atoms in total. The summed E-state index contributed by atoms with van der Waals surface area (Å²) in [6, 6.07) is 14.2. The molecular weight excluding hydrogens is 442 g/mol. The maximum absolute atomic E-state index is 12.5. The minimum absolute atomic E-state index is 0.0261. The van der Waals surface area contributed by atoms with E-state index in [2.05, 4.69) is 14.9 Å². The normalized spacial score (nSPS) is 15.2. The van der Waals surface area contributed by atoms with Crippen LogP contribution in [0.1, 0.15) is 37.8 Å². The maximum atomic E-state index is 12.5. The molecule has 0 aromatic heterocycles. The van der Waals surface area contributed by atoms with Crippen molar-refractivity contribution in [1.29, 1.82) is 0 Å². The van der Waals surface area contributed by atoms with Gasteiger partial charge in [0.2, 0.25) is 15.9 Å². The topological polar surface area (TPSA) is 97.0 Å². The van der Waals surface area contributed by atoms with Crippen LogP contribution in [0.15, 0.2) is 53.4 Å². The number of hydrogen-bond acceptors (Lipinski definition) is 6. The van der Waals surface area contributed by atoms with Crippen LogP contribution in [-0.2, 0) is 14.8 Å². The van der Waals surface area contributed by atoms with Crippen molar-refractivity contribution in [1.82, 2.24) is 14.9 Å². The molecule has 33 heavy (non-hydrogen) atoms. The highest BCUT2D eigenvalue weighted by atomic mass is 32.2.